The maximum atomic E-state index is 13.9. The number of amides is 2. The second-order valence-electron chi connectivity index (χ2n) is 9.54. The molecule has 202 valence electrons. The number of thiophene rings is 1. The molecule has 38 heavy (non-hydrogen) atoms. The van der Waals surface area contributed by atoms with E-state index in [-0.39, 0.29) is 30.1 Å². The van der Waals surface area contributed by atoms with Gasteiger partial charge in [-0.15, -0.1) is 11.3 Å². The number of carbonyl (C=O) groups excluding carboxylic acids is 2. The van der Waals surface area contributed by atoms with Crippen molar-refractivity contribution in [1.82, 2.24) is 14.7 Å². The third-order valence-electron chi connectivity index (χ3n) is 6.90. The van der Waals surface area contributed by atoms with E-state index >= 15 is 0 Å². The third-order valence-corrected chi connectivity index (χ3v) is 7.76. The molecule has 2 aromatic carbocycles. The monoisotopic (exact) mass is 537 g/mol. The van der Waals surface area contributed by atoms with E-state index in [9.17, 15) is 14.0 Å². The fourth-order valence-corrected chi connectivity index (χ4v) is 5.43. The van der Waals surface area contributed by atoms with Gasteiger partial charge in [0, 0.05) is 37.6 Å². The van der Waals surface area contributed by atoms with E-state index in [0.717, 1.165) is 29.1 Å². The van der Waals surface area contributed by atoms with Gasteiger partial charge in [-0.25, -0.2) is 4.39 Å². The molecule has 1 aliphatic rings. The average molecular weight is 538 g/mol. The number of hydrogen-bond acceptors (Lipinski definition) is 5. The Bertz CT molecular complexity index is 1140. The van der Waals surface area contributed by atoms with E-state index in [1.165, 1.54) is 12.1 Å². The van der Waals surface area contributed by atoms with Gasteiger partial charge in [0.2, 0.25) is 11.8 Å². The minimum absolute atomic E-state index is 0.000916. The summed E-state index contributed by atoms with van der Waals surface area (Å²) >= 11 is 1.59. The molecule has 1 atom stereocenters. The Balaban J connectivity index is 1.53. The van der Waals surface area contributed by atoms with Crippen molar-refractivity contribution >= 4 is 23.2 Å². The van der Waals surface area contributed by atoms with Gasteiger partial charge in [-0.3, -0.25) is 14.5 Å². The maximum Gasteiger partial charge on any atom is 0.242 e. The second-order valence-corrected chi connectivity index (χ2v) is 10.6. The maximum absolute atomic E-state index is 13.9. The summed E-state index contributed by atoms with van der Waals surface area (Å²) < 4.78 is 19.0. The lowest BCUT2D eigenvalue weighted by Crippen LogP contribution is -2.48. The summed E-state index contributed by atoms with van der Waals surface area (Å²) in [5.74, 6) is -0.771. The van der Waals surface area contributed by atoms with Crippen LogP contribution in [0.4, 0.5) is 4.39 Å². The Morgan fingerprint density at radius 2 is 1.71 bits per heavy atom. The molecular formula is C30H36FN3O3S. The first kappa shape index (κ1) is 28.0. The van der Waals surface area contributed by atoms with Crippen LogP contribution in [0.5, 0.6) is 0 Å². The Hall–Kier alpha value is -3.07. The number of halogens is 1. The van der Waals surface area contributed by atoms with E-state index in [0.29, 0.717) is 45.8 Å². The van der Waals surface area contributed by atoms with Gasteiger partial charge in [0.15, 0.2) is 0 Å². The molecule has 0 radical (unpaired) electrons. The van der Waals surface area contributed by atoms with E-state index in [1.54, 1.807) is 33.3 Å². The molecule has 2 amide bonds. The lowest BCUT2D eigenvalue weighted by Gasteiger charge is -2.33. The lowest BCUT2D eigenvalue weighted by atomic mass is 9.95. The van der Waals surface area contributed by atoms with Crippen LogP contribution in [-0.4, -0.2) is 72.5 Å². The molecule has 0 N–H and O–H groups in total. The molecule has 0 bridgehead atoms. The molecule has 1 unspecified atom stereocenters. The van der Waals surface area contributed by atoms with Crippen LogP contribution in [0.3, 0.4) is 0 Å². The lowest BCUT2D eigenvalue weighted by molar-refractivity contribution is -0.142. The first-order valence-electron chi connectivity index (χ1n) is 13.2. The zero-order valence-corrected chi connectivity index (χ0v) is 22.7. The van der Waals surface area contributed by atoms with Crippen molar-refractivity contribution in [3.05, 3.63) is 93.9 Å². The molecule has 1 aromatic heterocycles. The molecule has 2 heterocycles. The van der Waals surface area contributed by atoms with Gasteiger partial charge in [-0.05, 0) is 41.1 Å². The van der Waals surface area contributed by atoms with E-state index < -0.39 is 0 Å². The minimum Gasteiger partial charge on any atom is -0.379 e. The highest BCUT2D eigenvalue weighted by Crippen LogP contribution is 2.23. The second kappa shape index (κ2) is 14.2. The Labute approximate surface area is 228 Å². The van der Waals surface area contributed by atoms with Crippen LogP contribution in [0.25, 0.3) is 0 Å². The van der Waals surface area contributed by atoms with Crippen molar-refractivity contribution < 1.29 is 18.7 Å². The molecule has 1 aliphatic heterocycles. The van der Waals surface area contributed by atoms with Crippen LogP contribution in [-0.2, 0) is 27.4 Å². The summed E-state index contributed by atoms with van der Waals surface area (Å²) in [6.07, 6.45) is 0.652. The normalized spacial score (nSPS) is 14.7. The van der Waals surface area contributed by atoms with Crippen LogP contribution in [0.15, 0.2) is 72.1 Å². The average Bonchev–Trinajstić information content (AvgIpc) is 3.46. The molecule has 6 nitrogen and oxygen atoms in total. The van der Waals surface area contributed by atoms with Gasteiger partial charge in [0.05, 0.1) is 32.2 Å². The van der Waals surface area contributed by atoms with E-state index in [2.05, 4.69) is 4.90 Å². The number of ether oxygens (including phenoxy) is 1. The van der Waals surface area contributed by atoms with Gasteiger partial charge >= 0.3 is 0 Å². The van der Waals surface area contributed by atoms with Crippen molar-refractivity contribution in [3.63, 3.8) is 0 Å². The van der Waals surface area contributed by atoms with E-state index in [4.69, 9.17) is 4.74 Å². The van der Waals surface area contributed by atoms with Gasteiger partial charge < -0.3 is 14.5 Å². The summed E-state index contributed by atoms with van der Waals surface area (Å²) in [5, 5.41) is 1.99. The number of morpholine rings is 1. The number of carbonyl (C=O) groups is 2. The highest BCUT2D eigenvalue weighted by Gasteiger charge is 2.28. The minimum atomic E-state index is -0.309. The van der Waals surface area contributed by atoms with Crippen molar-refractivity contribution in [1.29, 1.82) is 0 Å². The summed E-state index contributed by atoms with van der Waals surface area (Å²) in [5.41, 5.74) is 1.81. The Morgan fingerprint density at radius 3 is 2.37 bits per heavy atom. The standard InChI is InChI=1S/C30H36FN3O3S/c1-2-28(25-7-4-3-5-8-25)30(36)33(15-14-32-16-18-37-19-17-32)23-29(35)34(22-27-9-6-20-38-27)21-24-10-12-26(31)13-11-24/h3-13,20,28H,2,14-19,21-23H2,1H3. The largest absolute Gasteiger partial charge is 0.379 e. The van der Waals surface area contributed by atoms with Crippen LogP contribution < -0.4 is 0 Å². The molecule has 0 saturated carbocycles. The molecule has 8 heteroatoms. The van der Waals surface area contributed by atoms with Crippen molar-refractivity contribution in [2.24, 2.45) is 0 Å². The van der Waals surface area contributed by atoms with Crippen LogP contribution in [0.2, 0.25) is 0 Å². The SMILES string of the molecule is CCC(C(=O)N(CCN1CCOCC1)CC(=O)N(Cc1ccc(F)cc1)Cc1cccs1)c1ccccc1. The predicted octanol–water partition coefficient (Wildman–Crippen LogP) is 4.77. The van der Waals surface area contributed by atoms with Crippen molar-refractivity contribution in [2.45, 2.75) is 32.4 Å². The van der Waals surface area contributed by atoms with E-state index in [1.807, 2.05) is 54.8 Å². The van der Waals surface area contributed by atoms with Gasteiger partial charge in [-0.1, -0.05) is 55.5 Å². The third kappa shape index (κ3) is 7.96. The van der Waals surface area contributed by atoms with Gasteiger partial charge in [0.25, 0.3) is 0 Å². The van der Waals surface area contributed by atoms with Crippen LogP contribution in [0.1, 0.15) is 35.3 Å². The first-order valence-corrected chi connectivity index (χ1v) is 14.1. The fourth-order valence-electron chi connectivity index (χ4n) is 4.71. The number of hydrogen-bond donors (Lipinski definition) is 0. The van der Waals surface area contributed by atoms with Gasteiger partial charge in [-0.2, -0.15) is 0 Å². The molecule has 0 spiro atoms. The molecule has 4 rings (SSSR count). The van der Waals surface area contributed by atoms with Gasteiger partial charge in [0.1, 0.15) is 5.82 Å². The van der Waals surface area contributed by atoms with Crippen molar-refractivity contribution in [3.8, 4) is 0 Å². The number of rotatable bonds is 12. The first-order chi connectivity index (χ1) is 18.5. The predicted molar refractivity (Wildman–Crippen MR) is 148 cm³/mol. The smallest absolute Gasteiger partial charge is 0.242 e. The Kier molecular flexibility index (Phi) is 10.4. The summed E-state index contributed by atoms with van der Waals surface area (Å²) in [7, 11) is 0. The summed E-state index contributed by atoms with van der Waals surface area (Å²) in [6, 6.07) is 20.0. The zero-order chi connectivity index (χ0) is 26.7. The zero-order valence-electron chi connectivity index (χ0n) is 21.9. The molecule has 1 fully saturated rings. The topological polar surface area (TPSA) is 53.1 Å². The molecule has 1 saturated heterocycles. The number of nitrogens with zero attached hydrogens (tertiary/aromatic N) is 3. The number of benzene rings is 2. The highest BCUT2D eigenvalue weighted by atomic mass is 32.1. The fraction of sp³-hybridized carbons (Fsp3) is 0.400. The quantitative estimate of drug-likeness (QED) is 0.334. The summed E-state index contributed by atoms with van der Waals surface area (Å²) in [4.78, 5) is 34.5. The molecule has 0 aliphatic carbocycles. The highest BCUT2D eigenvalue weighted by molar-refractivity contribution is 7.09. The molecular weight excluding hydrogens is 501 g/mol. The summed E-state index contributed by atoms with van der Waals surface area (Å²) in [6.45, 7) is 6.96. The molecule has 3 aromatic rings. The van der Waals surface area contributed by atoms with Crippen LogP contribution in [0, 0.1) is 5.82 Å². The van der Waals surface area contributed by atoms with Crippen LogP contribution >= 0.6 is 11.3 Å². The van der Waals surface area contributed by atoms with Crippen molar-refractivity contribution in [2.75, 3.05) is 45.9 Å². The Morgan fingerprint density at radius 1 is 0.974 bits per heavy atom.